The number of carbonyl (C=O) groups is 1. The maximum atomic E-state index is 13.5. The highest BCUT2D eigenvalue weighted by Crippen LogP contribution is 2.48. The first-order valence-electron chi connectivity index (χ1n) is 12.2. The number of aryl methyl sites for hydroxylation is 3. The van der Waals surface area contributed by atoms with Crippen molar-refractivity contribution in [2.75, 3.05) is 13.2 Å². The smallest absolute Gasteiger partial charge is 0.435 e. The molecule has 1 atom stereocenters. The zero-order chi connectivity index (χ0) is 27.1. The van der Waals surface area contributed by atoms with Gasteiger partial charge in [0.2, 0.25) is 0 Å². The number of halogens is 3. The molecule has 0 aliphatic carbocycles. The normalized spacial score (nSPS) is 14.7. The van der Waals surface area contributed by atoms with Crippen molar-refractivity contribution in [2.45, 2.75) is 65.3 Å². The fourth-order valence-electron chi connectivity index (χ4n) is 4.47. The minimum Gasteiger partial charge on any atom is -0.493 e. The Morgan fingerprint density at radius 1 is 1.24 bits per heavy atom. The van der Waals surface area contributed by atoms with E-state index < -0.39 is 29.5 Å². The van der Waals surface area contributed by atoms with Crippen LogP contribution in [0.4, 0.5) is 13.2 Å². The first-order valence-corrected chi connectivity index (χ1v) is 13.0. The summed E-state index contributed by atoms with van der Waals surface area (Å²) in [5.74, 6) is 0.242. The summed E-state index contributed by atoms with van der Waals surface area (Å²) in [5, 5.41) is 3.73. The lowest BCUT2D eigenvalue weighted by Gasteiger charge is -2.27. The minimum atomic E-state index is -4.59. The average Bonchev–Trinajstić information content (AvgIpc) is 3.36. The number of rotatable bonds is 6. The zero-order valence-corrected chi connectivity index (χ0v) is 22.6. The van der Waals surface area contributed by atoms with Crippen LogP contribution >= 0.6 is 11.3 Å². The summed E-state index contributed by atoms with van der Waals surface area (Å²) in [6, 6.07) is 6.78. The van der Waals surface area contributed by atoms with E-state index in [1.54, 1.807) is 6.92 Å². The molecule has 0 saturated carbocycles. The van der Waals surface area contributed by atoms with E-state index in [2.05, 4.69) is 5.10 Å². The van der Waals surface area contributed by atoms with Crippen LogP contribution in [0.1, 0.15) is 61.9 Å². The predicted octanol–water partition coefficient (Wildman–Crippen LogP) is 6.89. The number of benzene rings is 1. The van der Waals surface area contributed by atoms with E-state index in [1.165, 1.54) is 23.1 Å². The van der Waals surface area contributed by atoms with Crippen LogP contribution in [0.5, 0.6) is 5.75 Å². The molecule has 4 rings (SSSR count). The molecule has 0 spiro atoms. The van der Waals surface area contributed by atoms with Crippen LogP contribution in [0.15, 0.2) is 24.3 Å². The van der Waals surface area contributed by atoms with Gasteiger partial charge in [-0.25, -0.2) is 4.79 Å². The van der Waals surface area contributed by atoms with E-state index in [0.29, 0.717) is 28.3 Å². The fraction of sp³-hybridized carbons (Fsp3) is 0.481. The topological polar surface area (TPSA) is 62.6 Å². The summed E-state index contributed by atoms with van der Waals surface area (Å²) in [4.78, 5) is 14.5. The lowest BCUT2D eigenvalue weighted by atomic mass is 9.92. The van der Waals surface area contributed by atoms with Crippen molar-refractivity contribution in [3.05, 3.63) is 46.0 Å². The maximum Gasteiger partial charge on any atom is 0.435 e. The molecule has 3 heterocycles. The van der Waals surface area contributed by atoms with Crippen molar-refractivity contribution >= 4 is 17.3 Å². The number of ether oxygens (including phenoxy) is 3. The molecule has 1 aromatic carbocycles. The third-order valence-electron chi connectivity index (χ3n) is 5.97. The third kappa shape index (κ3) is 5.70. The average molecular weight is 537 g/mol. The number of carbonyl (C=O) groups excluding carboxylic acids is 1. The number of esters is 1. The lowest BCUT2D eigenvalue weighted by molar-refractivity contribution is -0.166. The van der Waals surface area contributed by atoms with Crippen molar-refractivity contribution in [1.29, 1.82) is 0 Å². The van der Waals surface area contributed by atoms with Gasteiger partial charge in [0.05, 0.1) is 29.4 Å². The summed E-state index contributed by atoms with van der Waals surface area (Å²) >= 11 is 1.31. The molecular formula is C27H31F3N2O4S. The van der Waals surface area contributed by atoms with Gasteiger partial charge in [-0.3, -0.25) is 4.68 Å². The molecule has 1 aliphatic rings. The van der Waals surface area contributed by atoms with Crippen molar-refractivity contribution in [1.82, 2.24) is 9.78 Å². The highest BCUT2D eigenvalue weighted by Gasteiger charge is 2.38. The monoisotopic (exact) mass is 536 g/mol. The summed E-state index contributed by atoms with van der Waals surface area (Å²) < 4.78 is 59.2. The van der Waals surface area contributed by atoms with Crippen molar-refractivity contribution < 1.29 is 32.2 Å². The molecule has 37 heavy (non-hydrogen) atoms. The molecule has 200 valence electrons. The molecule has 3 aromatic rings. The second-order valence-electron chi connectivity index (χ2n) is 9.95. The zero-order valence-electron chi connectivity index (χ0n) is 21.8. The Kier molecular flexibility index (Phi) is 7.45. The number of fused-ring (bicyclic) bond motifs is 1. The van der Waals surface area contributed by atoms with Crippen LogP contribution in [-0.2, 0) is 33.9 Å². The van der Waals surface area contributed by atoms with E-state index in [9.17, 15) is 18.0 Å². The Morgan fingerprint density at radius 2 is 1.97 bits per heavy atom. The predicted molar refractivity (Wildman–Crippen MR) is 136 cm³/mol. The Hall–Kier alpha value is -2.85. The Labute approximate surface area is 218 Å². The number of nitrogens with zero attached hydrogens (tertiary/aromatic N) is 2. The van der Waals surface area contributed by atoms with Gasteiger partial charge in [0.15, 0.2) is 11.8 Å². The highest BCUT2D eigenvalue weighted by atomic mass is 32.1. The summed E-state index contributed by atoms with van der Waals surface area (Å²) in [6.45, 7) is 9.89. The van der Waals surface area contributed by atoms with Gasteiger partial charge in [-0.05, 0) is 76.8 Å². The summed E-state index contributed by atoms with van der Waals surface area (Å²) in [6.07, 6.45) is -3.96. The van der Waals surface area contributed by atoms with Gasteiger partial charge < -0.3 is 14.2 Å². The molecule has 6 nitrogen and oxygen atoms in total. The Morgan fingerprint density at radius 3 is 2.59 bits per heavy atom. The molecule has 0 saturated heterocycles. The summed E-state index contributed by atoms with van der Waals surface area (Å²) in [5.41, 5.74) is 1.62. The van der Waals surface area contributed by atoms with Crippen molar-refractivity contribution in [3.8, 4) is 27.4 Å². The first kappa shape index (κ1) is 27.2. The van der Waals surface area contributed by atoms with Crippen LogP contribution in [0.2, 0.25) is 0 Å². The van der Waals surface area contributed by atoms with E-state index >= 15 is 0 Å². The highest BCUT2D eigenvalue weighted by molar-refractivity contribution is 7.16. The second kappa shape index (κ2) is 10.1. The number of aromatic nitrogens is 2. The largest absolute Gasteiger partial charge is 0.493 e. The van der Waals surface area contributed by atoms with Crippen molar-refractivity contribution in [2.24, 2.45) is 7.05 Å². The lowest BCUT2D eigenvalue weighted by Crippen LogP contribution is -2.29. The fourth-order valence-corrected chi connectivity index (χ4v) is 5.72. The van der Waals surface area contributed by atoms with Gasteiger partial charge in [-0.15, -0.1) is 11.3 Å². The van der Waals surface area contributed by atoms with E-state index in [0.717, 1.165) is 40.7 Å². The van der Waals surface area contributed by atoms with E-state index in [-0.39, 0.29) is 6.61 Å². The number of alkyl halides is 3. The Bertz CT molecular complexity index is 1300. The first-order chi connectivity index (χ1) is 17.3. The van der Waals surface area contributed by atoms with Crippen molar-refractivity contribution in [3.63, 3.8) is 0 Å². The van der Waals surface area contributed by atoms with Crippen LogP contribution in [0.25, 0.3) is 21.7 Å². The summed E-state index contributed by atoms with van der Waals surface area (Å²) in [7, 11) is 1.48. The van der Waals surface area contributed by atoms with Crippen LogP contribution in [0.3, 0.4) is 0 Å². The number of hydrogen-bond acceptors (Lipinski definition) is 6. The van der Waals surface area contributed by atoms with E-state index in [4.69, 9.17) is 14.2 Å². The maximum absolute atomic E-state index is 13.5. The minimum absolute atomic E-state index is 0.168. The number of thiophene rings is 1. The quantitative estimate of drug-likeness (QED) is 0.321. The second-order valence-corrected chi connectivity index (χ2v) is 11.2. The molecule has 0 radical (unpaired) electrons. The van der Waals surface area contributed by atoms with Gasteiger partial charge in [-0.2, -0.15) is 18.3 Å². The van der Waals surface area contributed by atoms with Gasteiger partial charge in [0, 0.05) is 23.1 Å². The third-order valence-corrected chi connectivity index (χ3v) is 7.11. The molecule has 1 aliphatic heterocycles. The van der Waals surface area contributed by atoms with Gasteiger partial charge in [0.1, 0.15) is 5.75 Å². The molecule has 0 bridgehead atoms. The van der Waals surface area contributed by atoms with Gasteiger partial charge in [-0.1, -0.05) is 6.07 Å². The molecule has 0 N–H and O–H groups in total. The molecular weight excluding hydrogens is 505 g/mol. The van der Waals surface area contributed by atoms with Crippen LogP contribution < -0.4 is 4.74 Å². The van der Waals surface area contributed by atoms with E-state index in [1.807, 2.05) is 45.9 Å². The van der Waals surface area contributed by atoms with Gasteiger partial charge >= 0.3 is 12.1 Å². The molecule has 0 amide bonds. The number of hydrogen-bond donors (Lipinski definition) is 0. The molecule has 1 unspecified atom stereocenters. The van der Waals surface area contributed by atoms with Gasteiger partial charge in [0.25, 0.3) is 0 Å². The molecule has 10 heteroatoms. The molecule has 2 aromatic heterocycles. The van der Waals surface area contributed by atoms with Crippen LogP contribution in [0, 0.1) is 6.92 Å². The SMILES string of the molecule is CCOC(=O)C(OC(C)(C)C)c1c(C)sc(-c2cc(C(F)(F)F)nn2C)c1-c1ccc2c(c1)CCCO2. The van der Waals surface area contributed by atoms with Crippen LogP contribution in [-0.4, -0.2) is 34.6 Å². The molecule has 0 fully saturated rings. The Balaban J connectivity index is 2.00. The standard InChI is InChI=1S/C27H31F3N2O4S/c1-7-34-25(33)23(36-26(3,4)5)21-15(2)37-24(18-14-20(27(28,29)30)31-32(18)6)22(21)17-10-11-19-16(13-17)9-8-12-35-19/h10-11,13-14,23H,7-9,12H2,1-6H3.